The molecule has 0 radical (unpaired) electrons. The second kappa shape index (κ2) is 7.91. The summed E-state index contributed by atoms with van der Waals surface area (Å²) in [6.45, 7) is 6.12. The summed E-state index contributed by atoms with van der Waals surface area (Å²) in [6, 6.07) is 12.9. The molecule has 0 saturated heterocycles. The Kier molecular flexibility index (Phi) is 5.21. The van der Waals surface area contributed by atoms with E-state index in [0.717, 1.165) is 33.6 Å². The van der Waals surface area contributed by atoms with Gasteiger partial charge in [0.05, 0.1) is 21.7 Å². The molecule has 180 valence electrons. The number of nitrogens with one attached hydrogen (secondary N) is 1. The molecule has 0 bridgehead atoms. The van der Waals surface area contributed by atoms with Crippen LogP contribution in [0.3, 0.4) is 0 Å². The number of rotatable bonds is 5. The van der Waals surface area contributed by atoms with Crippen LogP contribution in [0.2, 0.25) is 0 Å². The summed E-state index contributed by atoms with van der Waals surface area (Å²) in [5, 5.41) is 9.79. The average Bonchev–Trinajstić information content (AvgIpc) is 3.59. The Morgan fingerprint density at radius 3 is 2.23 bits per heavy atom. The van der Waals surface area contributed by atoms with Crippen LogP contribution in [-0.4, -0.2) is 25.4 Å². The van der Waals surface area contributed by atoms with Gasteiger partial charge in [-0.05, 0) is 59.6 Å². The van der Waals surface area contributed by atoms with E-state index in [-0.39, 0.29) is 38.7 Å². The Morgan fingerprint density at radius 1 is 0.971 bits per heavy atom. The van der Waals surface area contributed by atoms with Gasteiger partial charge in [-0.1, -0.05) is 39.0 Å². The molecule has 1 aliphatic heterocycles. The largest absolute Gasteiger partial charge is 0.285 e. The zero-order valence-corrected chi connectivity index (χ0v) is 20.5. The average molecular weight is 493 g/mol. The summed E-state index contributed by atoms with van der Waals surface area (Å²) in [5.41, 5.74) is 2.09. The van der Waals surface area contributed by atoms with Gasteiger partial charge in [0.25, 0.3) is 21.8 Å². The number of amides is 2. The predicted octanol–water partition coefficient (Wildman–Crippen LogP) is 3.99. The van der Waals surface area contributed by atoms with Crippen LogP contribution in [0.25, 0.3) is 0 Å². The molecular formula is C26H26N3O5S+. The van der Waals surface area contributed by atoms with E-state index in [9.17, 15) is 23.2 Å². The molecule has 1 aromatic heterocycles. The van der Waals surface area contributed by atoms with Crippen LogP contribution in [0.15, 0.2) is 65.8 Å². The Bertz CT molecular complexity index is 1470. The van der Waals surface area contributed by atoms with Gasteiger partial charge < -0.3 is 0 Å². The molecule has 3 aromatic rings. The third kappa shape index (κ3) is 4.05. The van der Waals surface area contributed by atoms with Crippen LogP contribution < -0.4 is 14.4 Å². The number of benzene rings is 2. The second-order valence-corrected chi connectivity index (χ2v) is 11.7. The summed E-state index contributed by atoms with van der Waals surface area (Å²) >= 11 is 0. The smallest absolute Gasteiger partial charge is 0.268 e. The molecule has 1 aliphatic carbocycles. The molecule has 1 fully saturated rings. The number of carbonyl (C=O) groups is 2. The molecule has 0 spiro atoms. The molecule has 2 heterocycles. The summed E-state index contributed by atoms with van der Waals surface area (Å²) in [7, 11) is -4.02. The van der Waals surface area contributed by atoms with Gasteiger partial charge in [-0.2, -0.15) is 0 Å². The quantitative estimate of drug-likeness (QED) is 0.318. The minimum atomic E-state index is -4.02. The van der Waals surface area contributed by atoms with Gasteiger partial charge in [0.1, 0.15) is 5.69 Å². The number of anilines is 2. The number of nitrogens with zero attached hydrogens (tertiary/aromatic N) is 2. The molecule has 35 heavy (non-hydrogen) atoms. The zero-order chi connectivity index (χ0) is 25.1. The van der Waals surface area contributed by atoms with E-state index in [1.165, 1.54) is 36.7 Å². The van der Waals surface area contributed by atoms with Crippen LogP contribution in [0.4, 0.5) is 11.4 Å². The Labute approximate surface area is 203 Å². The number of pyridine rings is 1. The fourth-order valence-corrected chi connectivity index (χ4v) is 5.43. The van der Waals surface area contributed by atoms with E-state index >= 15 is 0 Å². The minimum Gasteiger partial charge on any atom is -0.285 e. The lowest BCUT2D eigenvalue weighted by Gasteiger charge is -2.19. The molecule has 2 amide bonds. The maximum atomic E-state index is 13.5. The van der Waals surface area contributed by atoms with Crippen LogP contribution in [-0.2, 0) is 15.4 Å². The zero-order valence-electron chi connectivity index (χ0n) is 19.6. The Morgan fingerprint density at radius 2 is 1.63 bits per heavy atom. The lowest BCUT2D eigenvalue weighted by atomic mass is 9.87. The van der Waals surface area contributed by atoms with E-state index in [1.807, 2.05) is 20.8 Å². The van der Waals surface area contributed by atoms with Crippen molar-refractivity contribution in [2.24, 2.45) is 0 Å². The molecule has 9 heteroatoms. The molecule has 8 nitrogen and oxygen atoms in total. The first-order valence-corrected chi connectivity index (χ1v) is 12.9. The number of carbonyl (C=O) groups excluding carboxylic acids is 2. The van der Waals surface area contributed by atoms with Gasteiger partial charge in [0.15, 0.2) is 0 Å². The highest BCUT2D eigenvalue weighted by Gasteiger charge is 2.44. The topological polar surface area (TPSA) is 108 Å². The standard InChI is InChI=1S/C26H25N3O5S/c1-26(2,3)17-8-10-19(11-9-17)35(33,34)27-21-13-12-20(16-6-7-16)22-23(21)25(31)29(24(22)30)18-5-4-14-28(32)15-18/h4-5,8-16H,6-7H2,1-3H3,(H-,27,31,32)/p+1. The van der Waals surface area contributed by atoms with Crippen molar-refractivity contribution in [1.29, 1.82) is 0 Å². The molecule has 0 atom stereocenters. The highest BCUT2D eigenvalue weighted by molar-refractivity contribution is 7.92. The Balaban J connectivity index is 1.56. The van der Waals surface area contributed by atoms with Gasteiger partial charge in [-0.15, -0.1) is 0 Å². The van der Waals surface area contributed by atoms with Gasteiger partial charge >= 0.3 is 0 Å². The van der Waals surface area contributed by atoms with Crippen LogP contribution in [0.1, 0.15) is 71.4 Å². The third-order valence-electron chi connectivity index (χ3n) is 6.39. The number of aromatic nitrogens is 1. The van der Waals surface area contributed by atoms with Gasteiger partial charge in [-0.25, -0.2) is 13.3 Å². The molecule has 1 saturated carbocycles. The van der Waals surface area contributed by atoms with E-state index in [2.05, 4.69) is 4.72 Å². The normalized spacial score (nSPS) is 15.9. The lowest BCUT2D eigenvalue weighted by molar-refractivity contribution is -0.904. The maximum Gasteiger partial charge on any atom is 0.268 e. The van der Waals surface area contributed by atoms with Crippen LogP contribution in [0.5, 0.6) is 0 Å². The first-order chi connectivity index (χ1) is 16.5. The first-order valence-electron chi connectivity index (χ1n) is 11.4. The minimum absolute atomic E-state index is 0.0302. The van der Waals surface area contributed by atoms with Crippen molar-refractivity contribution in [1.82, 2.24) is 0 Å². The van der Waals surface area contributed by atoms with Gasteiger partial charge in [0, 0.05) is 10.8 Å². The van der Waals surface area contributed by atoms with E-state index in [1.54, 1.807) is 24.3 Å². The fourth-order valence-electron chi connectivity index (χ4n) is 4.36. The fraction of sp³-hybridized carbons (Fsp3) is 0.269. The van der Waals surface area contributed by atoms with Crippen molar-refractivity contribution in [3.63, 3.8) is 0 Å². The molecule has 2 N–H and O–H groups in total. The van der Waals surface area contributed by atoms with Crippen molar-refractivity contribution < 1.29 is 27.9 Å². The SMILES string of the molecule is CC(C)(C)c1ccc(S(=O)(=O)Nc2ccc(C3CC3)c3c2C(=O)N(c2ccc[n+](O)c2)C3=O)cc1. The summed E-state index contributed by atoms with van der Waals surface area (Å²) in [4.78, 5) is 28.0. The van der Waals surface area contributed by atoms with Crippen molar-refractivity contribution >= 4 is 33.2 Å². The van der Waals surface area contributed by atoms with E-state index < -0.39 is 21.8 Å². The van der Waals surface area contributed by atoms with Crippen molar-refractivity contribution in [2.75, 3.05) is 9.62 Å². The summed E-state index contributed by atoms with van der Waals surface area (Å²) in [6.07, 6.45) is 4.42. The molecule has 2 aliphatic rings. The van der Waals surface area contributed by atoms with Gasteiger partial charge in [-0.3, -0.25) is 19.5 Å². The second-order valence-electron chi connectivity index (χ2n) is 9.99. The van der Waals surface area contributed by atoms with Crippen LogP contribution >= 0.6 is 0 Å². The molecular weight excluding hydrogens is 466 g/mol. The van der Waals surface area contributed by atoms with Gasteiger partial charge in [0.2, 0.25) is 12.4 Å². The lowest BCUT2D eigenvalue weighted by Crippen LogP contribution is -2.34. The highest BCUT2D eigenvalue weighted by Crippen LogP contribution is 2.46. The summed E-state index contributed by atoms with van der Waals surface area (Å²) < 4.78 is 29.7. The first kappa shape index (κ1) is 23.0. The number of fused-ring (bicyclic) bond motifs is 1. The van der Waals surface area contributed by atoms with Crippen molar-refractivity contribution in [3.8, 4) is 0 Å². The van der Waals surface area contributed by atoms with Crippen LogP contribution in [0, 0.1) is 0 Å². The predicted molar refractivity (Wildman–Crippen MR) is 129 cm³/mol. The number of imide groups is 1. The molecule has 0 unspecified atom stereocenters. The van der Waals surface area contributed by atoms with E-state index in [4.69, 9.17) is 0 Å². The number of sulfonamides is 1. The van der Waals surface area contributed by atoms with Crippen molar-refractivity contribution in [2.45, 2.75) is 49.8 Å². The highest BCUT2D eigenvalue weighted by atomic mass is 32.2. The van der Waals surface area contributed by atoms with Crippen molar-refractivity contribution in [3.05, 3.63) is 83.2 Å². The maximum absolute atomic E-state index is 13.5. The number of hydrogen-bond acceptors (Lipinski definition) is 5. The molecule has 5 rings (SSSR count). The Hall–Kier alpha value is -3.72. The monoisotopic (exact) mass is 492 g/mol. The molecule has 2 aromatic carbocycles. The summed E-state index contributed by atoms with van der Waals surface area (Å²) in [5.74, 6) is -1.01. The third-order valence-corrected chi connectivity index (χ3v) is 7.77. The number of hydrogen-bond donors (Lipinski definition) is 2. The van der Waals surface area contributed by atoms with E-state index in [0.29, 0.717) is 0 Å².